The average Bonchev–Trinajstić information content (AvgIpc) is 2.84. The number of ether oxygens (including phenoxy) is 1. The summed E-state index contributed by atoms with van der Waals surface area (Å²) in [5.41, 5.74) is 7.04. The van der Waals surface area contributed by atoms with Crippen LogP contribution in [0, 0.1) is 0 Å². The summed E-state index contributed by atoms with van der Waals surface area (Å²) in [7, 11) is 0. The normalized spacial score (nSPS) is 23.1. The van der Waals surface area contributed by atoms with Crippen LogP contribution in [-0.2, 0) is 4.74 Å². The molecule has 7 nitrogen and oxygen atoms in total. The summed E-state index contributed by atoms with van der Waals surface area (Å²) in [6.07, 6.45) is 6.07. The van der Waals surface area contributed by atoms with Crippen molar-refractivity contribution in [2.45, 2.75) is 17.5 Å². The molecule has 0 fully saturated rings. The Morgan fingerprint density at radius 2 is 2.32 bits per heavy atom. The Labute approximate surface area is 113 Å². The van der Waals surface area contributed by atoms with E-state index in [1.54, 1.807) is 23.0 Å². The first-order chi connectivity index (χ1) is 9.19. The molecule has 2 aromatic rings. The molecule has 0 saturated heterocycles. The van der Waals surface area contributed by atoms with E-state index in [2.05, 4.69) is 15.0 Å². The number of imidazole rings is 1. The van der Waals surface area contributed by atoms with Crippen molar-refractivity contribution in [2.75, 3.05) is 18.6 Å². The number of hydrogen-bond donors (Lipinski definition) is 2. The fourth-order valence-corrected chi connectivity index (χ4v) is 2.27. The van der Waals surface area contributed by atoms with Crippen LogP contribution in [0.5, 0.6) is 0 Å². The number of aliphatic hydroxyl groups excluding tert-OH is 1. The molecule has 0 aliphatic carbocycles. The first kappa shape index (κ1) is 12.4. The van der Waals surface area contributed by atoms with Gasteiger partial charge in [0, 0.05) is 0 Å². The lowest BCUT2D eigenvalue weighted by Crippen LogP contribution is -2.23. The van der Waals surface area contributed by atoms with Crippen LogP contribution in [0.4, 0.5) is 5.82 Å². The Bertz CT molecular complexity index is 641. The number of aliphatic hydroxyl groups is 1. The minimum absolute atomic E-state index is 0.247. The predicted octanol–water partition coefficient (Wildman–Crippen LogP) is 0.576. The number of nitrogens with two attached hydrogens (primary N) is 1. The molecule has 0 amide bonds. The highest BCUT2D eigenvalue weighted by Crippen LogP contribution is 2.25. The minimum Gasteiger partial charge on any atom is -0.387 e. The van der Waals surface area contributed by atoms with Gasteiger partial charge in [-0.25, -0.2) is 15.0 Å². The largest absolute Gasteiger partial charge is 0.387 e. The number of anilines is 1. The van der Waals surface area contributed by atoms with Gasteiger partial charge in [0.1, 0.15) is 5.52 Å². The Morgan fingerprint density at radius 3 is 3.00 bits per heavy atom. The second kappa shape index (κ2) is 4.80. The van der Waals surface area contributed by atoms with Crippen molar-refractivity contribution >= 4 is 28.7 Å². The van der Waals surface area contributed by atoms with Crippen molar-refractivity contribution in [3.8, 4) is 0 Å². The van der Waals surface area contributed by atoms with Crippen LogP contribution in [0.3, 0.4) is 0 Å². The topological polar surface area (TPSA) is 99.1 Å². The summed E-state index contributed by atoms with van der Waals surface area (Å²) >= 11 is 1.41. The van der Waals surface area contributed by atoms with Crippen molar-refractivity contribution in [2.24, 2.45) is 0 Å². The van der Waals surface area contributed by atoms with Crippen LogP contribution in [0.25, 0.3) is 11.2 Å². The third-order valence-corrected chi connectivity index (χ3v) is 3.37. The highest BCUT2D eigenvalue weighted by molar-refractivity contribution is 7.98. The van der Waals surface area contributed by atoms with E-state index in [4.69, 9.17) is 10.5 Å². The summed E-state index contributed by atoms with van der Waals surface area (Å²) in [5, 5.41) is 9.97. The van der Waals surface area contributed by atoms with Gasteiger partial charge in [0.05, 0.1) is 19.0 Å². The molecule has 8 heteroatoms. The number of hydrogen-bond acceptors (Lipinski definition) is 7. The summed E-state index contributed by atoms with van der Waals surface area (Å²) in [6, 6.07) is 0. The van der Waals surface area contributed by atoms with Gasteiger partial charge in [-0.05, 0) is 12.3 Å². The Balaban J connectivity index is 2.09. The van der Waals surface area contributed by atoms with Gasteiger partial charge in [-0.1, -0.05) is 17.8 Å². The van der Waals surface area contributed by atoms with Crippen LogP contribution >= 0.6 is 11.8 Å². The molecule has 1 aliphatic rings. The highest BCUT2D eigenvalue weighted by Gasteiger charge is 2.20. The number of aromatic nitrogens is 4. The maximum Gasteiger partial charge on any atom is 0.191 e. The maximum absolute atomic E-state index is 9.38. The predicted molar refractivity (Wildman–Crippen MR) is 71.7 cm³/mol. The van der Waals surface area contributed by atoms with Gasteiger partial charge in [-0.15, -0.1) is 0 Å². The van der Waals surface area contributed by atoms with Gasteiger partial charge in [0.25, 0.3) is 0 Å². The average molecular weight is 279 g/mol. The monoisotopic (exact) mass is 279 g/mol. The van der Waals surface area contributed by atoms with Crippen molar-refractivity contribution in [1.29, 1.82) is 0 Å². The molecule has 0 bridgehead atoms. The lowest BCUT2D eigenvalue weighted by atomic mass is 10.3. The molecule has 0 spiro atoms. The van der Waals surface area contributed by atoms with Crippen LogP contribution in [0.15, 0.2) is 23.6 Å². The molecule has 1 aliphatic heterocycles. The molecule has 3 rings (SSSR count). The number of nitrogens with zero attached hydrogens (tertiary/aromatic N) is 4. The molecule has 0 aromatic carbocycles. The van der Waals surface area contributed by atoms with Gasteiger partial charge >= 0.3 is 0 Å². The maximum atomic E-state index is 9.38. The van der Waals surface area contributed by atoms with Crippen molar-refractivity contribution in [3.63, 3.8) is 0 Å². The van der Waals surface area contributed by atoms with Crippen LogP contribution in [-0.4, -0.2) is 43.6 Å². The first-order valence-electron chi connectivity index (χ1n) is 5.71. The standard InChI is InChI=1S/C11H13N5O2S/c1-19-11-14-9(12)8-10(15-11)16(5-13-8)7-3-2-6(17)4-18-7/h2-3,5-7,17H,4H2,1H3,(H2,12,14,15)/t6-,7+/m1/s1. The molecular weight excluding hydrogens is 266 g/mol. The number of fused-ring (bicyclic) bond motifs is 1. The zero-order valence-corrected chi connectivity index (χ0v) is 11.0. The molecule has 0 saturated carbocycles. The van der Waals surface area contributed by atoms with Crippen molar-refractivity contribution in [1.82, 2.24) is 19.5 Å². The first-order valence-corrected chi connectivity index (χ1v) is 6.93. The molecule has 19 heavy (non-hydrogen) atoms. The van der Waals surface area contributed by atoms with Gasteiger partial charge in [-0.3, -0.25) is 4.57 Å². The van der Waals surface area contributed by atoms with Crippen molar-refractivity contribution in [3.05, 3.63) is 18.5 Å². The quantitative estimate of drug-likeness (QED) is 0.471. The Kier molecular flexibility index (Phi) is 3.13. The molecule has 0 radical (unpaired) electrons. The summed E-state index contributed by atoms with van der Waals surface area (Å²) in [4.78, 5) is 12.8. The van der Waals surface area contributed by atoms with E-state index in [9.17, 15) is 5.11 Å². The van der Waals surface area contributed by atoms with E-state index < -0.39 is 6.10 Å². The fraction of sp³-hybridized carbons (Fsp3) is 0.364. The van der Waals surface area contributed by atoms with E-state index in [-0.39, 0.29) is 12.8 Å². The van der Waals surface area contributed by atoms with Gasteiger partial charge in [0.15, 0.2) is 22.8 Å². The van der Waals surface area contributed by atoms with Gasteiger partial charge < -0.3 is 15.6 Å². The molecule has 2 aromatic heterocycles. The number of rotatable bonds is 2. The lowest BCUT2D eigenvalue weighted by Gasteiger charge is -2.21. The SMILES string of the molecule is CSc1nc(N)c2ncn([C@@H]3C=C[C@@H](O)CO3)c2n1. The molecule has 3 N–H and O–H groups in total. The molecule has 2 atom stereocenters. The summed E-state index contributed by atoms with van der Waals surface area (Å²) < 4.78 is 7.31. The van der Waals surface area contributed by atoms with Crippen LogP contribution < -0.4 is 5.73 Å². The molecule has 0 unspecified atom stereocenters. The van der Waals surface area contributed by atoms with E-state index in [1.807, 2.05) is 6.26 Å². The third-order valence-electron chi connectivity index (χ3n) is 2.82. The summed E-state index contributed by atoms with van der Waals surface area (Å²) in [6.45, 7) is 0.247. The van der Waals surface area contributed by atoms with Crippen LogP contribution in [0.2, 0.25) is 0 Å². The van der Waals surface area contributed by atoms with E-state index in [0.717, 1.165) is 0 Å². The molecular formula is C11H13N5O2S. The van der Waals surface area contributed by atoms with E-state index in [1.165, 1.54) is 11.8 Å². The fourth-order valence-electron chi connectivity index (χ4n) is 1.90. The zero-order chi connectivity index (χ0) is 13.4. The lowest BCUT2D eigenvalue weighted by molar-refractivity contribution is -0.0165. The van der Waals surface area contributed by atoms with Gasteiger partial charge in [-0.2, -0.15) is 0 Å². The van der Waals surface area contributed by atoms with E-state index in [0.29, 0.717) is 22.1 Å². The summed E-state index contributed by atoms with van der Waals surface area (Å²) in [5.74, 6) is 0.355. The smallest absolute Gasteiger partial charge is 0.191 e. The van der Waals surface area contributed by atoms with E-state index >= 15 is 0 Å². The minimum atomic E-state index is -0.563. The Hall–Kier alpha value is -1.64. The molecule has 100 valence electrons. The number of nitrogen functional groups attached to an aromatic ring is 1. The van der Waals surface area contributed by atoms with Crippen LogP contribution in [0.1, 0.15) is 6.23 Å². The second-order valence-electron chi connectivity index (χ2n) is 4.10. The third kappa shape index (κ3) is 2.18. The van der Waals surface area contributed by atoms with Crippen molar-refractivity contribution < 1.29 is 9.84 Å². The number of thioether (sulfide) groups is 1. The van der Waals surface area contributed by atoms with Gasteiger partial charge in [0.2, 0.25) is 0 Å². The second-order valence-corrected chi connectivity index (χ2v) is 4.87. The Morgan fingerprint density at radius 1 is 1.47 bits per heavy atom. The highest BCUT2D eigenvalue weighted by atomic mass is 32.2. The zero-order valence-electron chi connectivity index (χ0n) is 10.2. The molecule has 3 heterocycles.